The fraction of sp³-hybridized carbons (Fsp3) is 0.0769. The van der Waals surface area contributed by atoms with Crippen LogP contribution in [0.5, 0.6) is 0 Å². The van der Waals surface area contributed by atoms with Crippen molar-refractivity contribution in [1.29, 1.82) is 0 Å². The molecule has 0 saturated carbocycles. The van der Waals surface area contributed by atoms with E-state index in [9.17, 15) is 5.11 Å². The third-order valence-corrected chi connectivity index (χ3v) is 2.62. The zero-order valence-electron chi connectivity index (χ0n) is 8.17. The van der Waals surface area contributed by atoms with Gasteiger partial charge in [-0.2, -0.15) is 0 Å². The van der Waals surface area contributed by atoms with Crippen LogP contribution in [-0.2, 0) is 0 Å². The summed E-state index contributed by atoms with van der Waals surface area (Å²) in [6.45, 7) is 0. The van der Waals surface area contributed by atoms with Gasteiger partial charge in [-0.25, -0.2) is 0 Å². The van der Waals surface area contributed by atoms with Crippen LogP contribution in [0.2, 0.25) is 0 Å². The highest BCUT2D eigenvalue weighted by molar-refractivity contribution is 7.80. The van der Waals surface area contributed by atoms with Gasteiger partial charge in [0.15, 0.2) is 0 Å². The van der Waals surface area contributed by atoms with Gasteiger partial charge in [-0.15, -0.1) is 12.6 Å². The van der Waals surface area contributed by atoms with Gasteiger partial charge in [-0.1, -0.05) is 42.5 Å². The molecule has 0 bridgehead atoms. The largest absolute Gasteiger partial charge is 0.384 e. The Morgan fingerprint density at radius 2 is 1.33 bits per heavy atom. The lowest BCUT2D eigenvalue weighted by molar-refractivity contribution is 0.220. The maximum atomic E-state index is 10.1. The van der Waals surface area contributed by atoms with E-state index in [0.717, 1.165) is 16.0 Å². The molecular weight excluding hydrogens is 204 g/mol. The van der Waals surface area contributed by atoms with Crippen molar-refractivity contribution in [3.05, 3.63) is 65.7 Å². The Hall–Kier alpha value is -1.25. The van der Waals surface area contributed by atoms with Gasteiger partial charge in [-0.3, -0.25) is 0 Å². The molecule has 2 aromatic carbocycles. The molecule has 15 heavy (non-hydrogen) atoms. The lowest BCUT2D eigenvalue weighted by Crippen LogP contribution is -1.98. The van der Waals surface area contributed by atoms with Crippen LogP contribution in [0.1, 0.15) is 17.2 Å². The van der Waals surface area contributed by atoms with Gasteiger partial charge in [0.05, 0.1) is 0 Å². The van der Waals surface area contributed by atoms with Crippen molar-refractivity contribution in [3.8, 4) is 0 Å². The molecule has 0 radical (unpaired) electrons. The number of thiol groups is 1. The van der Waals surface area contributed by atoms with E-state index in [4.69, 9.17) is 0 Å². The molecular formula is C13H12OS. The van der Waals surface area contributed by atoms with Crippen molar-refractivity contribution < 1.29 is 5.11 Å². The summed E-state index contributed by atoms with van der Waals surface area (Å²) in [6, 6.07) is 17.2. The Bertz CT molecular complexity index is 422. The first-order chi connectivity index (χ1) is 7.27. The van der Waals surface area contributed by atoms with E-state index in [-0.39, 0.29) is 0 Å². The van der Waals surface area contributed by atoms with Crippen molar-refractivity contribution in [2.24, 2.45) is 0 Å². The number of hydrogen-bond donors (Lipinski definition) is 2. The Labute approximate surface area is 94.8 Å². The van der Waals surface area contributed by atoms with E-state index in [1.165, 1.54) is 0 Å². The normalized spacial score (nSPS) is 12.4. The van der Waals surface area contributed by atoms with Crippen LogP contribution in [-0.4, -0.2) is 5.11 Å². The lowest BCUT2D eigenvalue weighted by atomic mass is 10.0. The topological polar surface area (TPSA) is 20.2 Å². The maximum Gasteiger partial charge on any atom is 0.104 e. The van der Waals surface area contributed by atoms with Gasteiger partial charge in [0.2, 0.25) is 0 Å². The summed E-state index contributed by atoms with van der Waals surface area (Å²) in [6.07, 6.45) is -0.555. The van der Waals surface area contributed by atoms with Crippen molar-refractivity contribution in [3.63, 3.8) is 0 Å². The SMILES string of the molecule is OC(c1ccccc1)c1ccc(S)cc1. The Morgan fingerprint density at radius 3 is 1.93 bits per heavy atom. The molecule has 0 spiro atoms. The highest BCUT2D eigenvalue weighted by Crippen LogP contribution is 2.22. The number of hydrogen-bond acceptors (Lipinski definition) is 2. The highest BCUT2D eigenvalue weighted by Gasteiger charge is 2.08. The van der Waals surface area contributed by atoms with Crippen molar-refractivity contribution in [2.75, 3.05) is 0 Å². The van der Waals surface area contributed by atoms with Crippen LogP contribution in [0.25, 0.3) is 0 Å². The summed E-state index contributed by atoms with van der Waals surface area (Å²) >= 11 is 4.21. The zero-order chi connectivity index (χ0) is 10.7. The van der Waals surface area contributed by atoms with Gasteiger partial charge in [0.1, 0.15) is 6.10 Å². The summed E-state index contributed by atoms with van der Waals surface area (Å²) in [5, 5.41) is 10.1. The van der Waals surface area contributed by atoms with E-state index < -0.39 is 6.10 Å². The third-order valence-electron chi connectivity index (χ3n) is 2.32. The standard InChI is InChI=1S/C13H12OS/c14-13(10-4-2-1-3-5-10)11-6-8-12(15)9-7-11/h1-9,13-15H. The maximum absolute atomic E-state index is 10.1. The van der Waals surface area contributed by atoms with E-state index in [2.05, 4.69) is 12.6 Å². The summed E-state index contributed by atoms with van der Waals surface area (Å²) in [5.74, 6) is 0. The molecule has 2 aromatic rings. The van der Waals surface area contributed by atoms with E-state index >= 15 is 0 Å². The molecule has 0 aromatic heterocycles. The first-order valence-corrected chi connectivity index (χ1v) is 5.24. The predicted molar refractivity (Wildman–Crippen MR) is 64.2 cm³/mol. The van der Waals surface area contributed by atoms with E-state index in [1.54, 1.807) is 0 Å². The second-order valence-electron chi connectivity index (χ2n) is 3.40. The Morgan fingerprint density at radius 1 is 0.800 bits per heavy atom. The molecule has 0 heterocycles. The average Bonchev–Trinajstić information content (AvgIpc) is 2.30. The second-order valence-corrected chi connectivity index (χ2v) is 3.92. The number of rotatable bonds is 2. The van der Waals surface area contributed by atoms with Gasteiger partial charge in [-0.05, 0) is 23.3 Å². The molecule has 0 amide bonds. The molecule has 76 valence electrons. The molecule has 1 unspecified atom stereocenters. The first-order valence-electron chi connectivity index (χ1n) is 4.79. The number of benzene rings is 2. The number of aliphatic hydroxyl groups excluding tert-OH is 1. The van der Waals surface area contributed by atoms with Crippen molar-refractivity contribution >= 4 is 12.6 Å². The fourth-order valence-electron chi connectivity index (χ4n) is 1.48. The molecule has 0 aliphatic carbocycles. The Balaban J connectivity index is 2.29. The van der Waals surface area contributed by atoms with Gasteiger partial charge in [0, 0.05) is 4.90 Å². The highest BCUT2D eigenvalue weighted by atomic mass is 32.1. The molecule has 2 heteroatoms. The molecule has 0 aliphatic heterocycles. The fourth-order valence-corrected chi connectivity index (χ4v) is 1.63. The smallest absolute Gasteiger partial charge is 0.104 e. The summed E-state index contributed by atoms with van der Waals surface area (Å²) in [5.41, 5.74) is 1.79. The molecule has 2 rings (SSSR count). The summed E-state index contributed by atoms with van der Waals surface area (Å²) in [4.78, 5) is 0.902. The summed E-state index contributed by atoms with van der Waals surface area (Å²) < 4.78 is 0. The van der Waals surface area contributed by atoms with Crippen LogP contribution in [0.4, 0.5) is 0 Å². The van der Waals surface area contributed by atoms with Crippen LogP contribution >= 0.6 is 12.6 Å². The minimum Gasteiger partial charge on any atom is -0.384 e. The first kappa shape index (κ1) is 10.3. The van der Waals surface area contributed by atoms with Crippen molar-refractivity contribution in [1.82, 2.24) is 0 Å². The summed E-state index contributed by atoms with van der Waals surface area (Å²) in [7, 11) is 0. The predicted octanol–water partition coefficient (Wildman–Crippen LogP) is 3.06. The molecule has 1 nitrogen and oxygen atoms in total. The second kappa shape index (κ2) is 4.51. The van der Waals surface area contributed by atoms with Gasteiger partial charge in [0.25, 0.3) is 0 Å². The quantitative estimate of drug-likeness (QED) is 0.739. The van der Waals surface area contributed by atoms with E-state index in [0.29, 0.717) is 0 Å². The van der Waals surface area contributed by atoms with Crippen molar-refractivity contribution in [2.45, 2.75) is 11.0 Å². The molecule has 0 saturated heterocycles. The average molecular weight is 216 g/mol. The van der Waals surface area contributed by atoms with Crippen LogP contribution in [0.15, 0.2) is 59.5 Å². The zero-order valence-corrected chi connectivity index (χ0v) is 9.06. The van der Waals surface area contributed by atoms with Crippen LogP contribution < -0.4 is 0 Å². The van der Waals surface area contributed by atoms with Gasteiger partial charge < -0.3 is 5.11 Å². The third kappa shape index (κ3) is 2.41. The molecule has 0 fully saturated rings. The Kier molecular flexibility index (Phi) is 3.09. The van der Waals surface area contributed by atoms with Gasteiger partial charge >= 0.3 is 0 Å². The monoisotopic (exact) mass is 216 g/mol. The lowest BCUT2D eigenvalue weighted by Gasteiger charge is -2.11. The van der Waals surface area contributed by atoms with E-state index in [1.807, 2.05) is 54.6 Å². The number of aliphatic hydroxyl groups is 1. The minimum atomic E-state index is -0.555. The minimum absolute atomic E-state index is 0.555. The molecule has 0 aliphatic rings. The molecule has 1 N–H and O–H groups in total. The van der Waals surface area contributed by atoms with Crippen LogP contribution in [0.3, 0.4) is 0 Å². The van der Waals surface area contributed by atoms with Crippen LogP contribution in [0, 0.1) is 0 Å². The molecule has 1 atom stereocenters.